The van der Waals surface area contributed by atoms with Gasteiger partial charge in [0.25, 0.3) is 0 Å². The van der Waals surface area contributed by atoms with Crippen LogP contribution in [0.4, 0.5) is 4.39 Å². The highest BCUT2D eigenvalue weighted by Crippen LogP contribution is 2.40. The molecule has 2 atom stereocenters. The minimum atomic E-state index is -0.689. The zero-order chi connectivity index (χ0) is 13.4. The normalized spacial score (nSPS) is 21.6. The number of fused-ring (bicyclic) bond motifs is 1. The van der Waals surface area contributed by atoms with Crippen molar-refractivity contribution >= 4 is 0 Å². The molecule has 0 saturated heterocycles. The molecule has 0 aliphatic carbocycles. The Labute approximate surface area is 111 Å². The minimum absolute atomic E-state index is 0.187. The Bertz CT molecular complexity index is 592. The summed E-state index contributed by atoms with van der Waals surface area (Å²) in [5.41, 5.74) is 2.74. The number of aliphatic hydroxyl groups excluding tert-OH is 1. The van der Waals surface area contributed by atoms with Crippen LogP contribution in [0, 0.1) is 12.7 Å². The van der Waals surface area contributed by atoms with Gasteiger partial charge in [0.05, 0.1) is 6.10 Å². The topological polar surface area (TPSA) is 29.5 Å². The molecule has 0 saturated carbocycles. The molecule has 0 spiro atoms. The molecule has 1 heterocycles. The average molecular weight is 258 g/mol. The number of aliphatic hydroxyl groups is 1. The summed E-state index contributed by atoms with van der Waals surface area (Å²) in [6, 6.07) is 12.3. The van der Waals surface area contributed by atoms with Crippen molar-refractivity contribution in [3.63, 3.8) is 0 Å². The second kappa shape index (κ2) is 4.67. The highest BCUT2D eigenvalue weighted by atomic mass is 19.1. The van der Waals surface area contributed by atoms with Gasteiger partial charge in [-0.05, 0) is 30.7 Å². The van der Waals surface area contributed by atoms with Crippen LogP contribution < -0.4 is 4.74 Å². The third-order valence-electron chi connectivity index (χ3n) is 3.49. The van der Waals surface area contributed by atoms with E-state index in [0.29, 0.717) is 17.7 Å². The smallest absolute Gasteiger partial charge is 0.127 e. The Morgan fingerprint density at radius 3 is 2.63 bits per heavy atom. The first kappa shape index (κ1) is 12.2. The molecule has 0 bridgehead atoms. The van der Waals surface area contributed by atoms with Gasteiger partial charge in [-0.15, -0.1) is 0 Å². The van der Waals surface area contributed by atoms with Crippen LogP contribution in [0.3, 0.4) is 0 Å². The Balaban J connectivity index is 1.92. The summed E-state index contributed by atoms with van der Waals surface area (Å²) in [5, 5.41) is 10.1. The number of hydrogen-bond acceptors (Lipinski definition) is 2. The van der Waals surface area contributed by atoms with Gasteiger partial charge in [-0.2, -0.15) is 0 Å². The highest BCUT2D eigenvalue weighted by Gasteiger charge is 2.28. The first-order valence-electron chi connectivity index (χ1n) is 6.34. The Morgan fingerprint density at radius 2 is 1.89 bits per heavy atom. The predicted octanol–water partition coefficient (Wildman–Crippen LogP) is 3.69. The molecule has 2 unspecified atom stereocenters. The van der Waals surface area contributed by atoms with Gasteiger partial charge in [-0.3, -0.25) is 0 Å². The van der Waals surface area contributed by atoms with E-state index in [9.17, 15) is 9.50 Å². The molecule has 1 N–H and O–H groups in total. The zero-order valence-corrected chi connectivity index (χ0v) is 10.6. The molecule has 0 fully saturated rings. The fraction of sp³-hybridized carbons (Fsp3) is 0.250. The first-order valence-corrected chi connectivity index (χ1v) is 6.34. The van der Waals surface area contributed by atoms with Gasteiger partial charge < -0.3 is 9.84 Å². The fourth-order valence-corrected chi connectivity index (χ4v) is 2.40. The van der Waals surface area contributed by atoms with Crippen LogP contribution in [0.2, 0.25) is 0 Å². The maximum atomic E-state index is 13.2. The second-order valence-electron chi connectivity index (χ2n) is 4.95. The molecule has 3 rings (SSSR count). The van der Waals surface area contributed by atoms with E-state index in [1.165, 1.54) is 17.7 Å². The van der Waals surface area contributed by atoms with Gasteiger partial charge in [0, 0.05) is 12.0 Å². The van der Waals surface area contributed by atoms with Crippen molar-refractivity contribution in [3.05, 3.63) is 65.0 Å². The lowest BCUT2D eigenvalue weighted by atomic mass is 9.94. The number of ether oxygens (including phenoxy) is 1. The van der Waals surface area contributed by atoms with E-state index in [1.54, 1.807) is 6.07 Å². The molecule has 2 nitrogen and oxygen atoms in total. The summed E-state index contributed by atoms with van der Waals surface area (Å²) in [7, 11) is 0. The number of hydrogen-bond donors (Lipinski definition) is 1. The third-order valence-corrected chi connectivity index (χ3v) is 3.49. The molecular weight excluding hydrogens is 243 g/mol. The molecule has 0 radical (unpaired) electrons. The van der Waals surface area contributed by atoms with Crippen LogP contribution >= 0.6 is 0 Å². The lowest BCUT2D eigenvalue weighted by Gasteiger charge is -2.30. The summed E-state index contributed by atoms with van der Waals surface area (Å²) in [6.45, 7) is 2.03. The summed E-state index contributed by atoms with van der Waals surface area (Å²) < 4.78 is 19.0. The lowest BCUT2D eigenvalue weighted by Crippen LogP contribution is -2.19. The lowest BCUT2D eigenvalue weighted by molar-refractivity contribution is 0.0653. The minimum Gasteiger partial charge on any atom is -0.485 e. The first-order chi connectivity index (χ1) is 9.13. The highest BCUT2D eigenvalue weighted by molar-refractivity contribution is 5.39. The van der Waals surface area contributed by atoms with Crippen LogP contribution in [0.1, 0.15) is 35.3 Å². The van der Waals surface area contributed by atoms with E-state index < -0.39 is 6.10 Å². The van der Waals surface area contributed by atoms with E-state index in [4.69, 9.17) is 4.74 Å². The fourth-order valence-electron chi connectivity index (χ4n) is 2.40. The monoisotopic (exact) mass is 258 g/mol. The second-order valence-corrected chi connectivity index (χ2v) is 4.95. The molecule has 2 aromatic rings. The molecule has 98 valence electrons. The number of benzene rings is 2. The Hall–Kier alpha value is -1.87. The van der Waals surface area contributed by atoms with Crippen LogP contribution in [0.5, 0.6) is 5.75 Å². The van der Waals surface area contributed by atoms with E-state index in [2.05, 4.69) is 0 Å². The summed E-state index contributed by atoms with van der Waals surface area (Å²) in [4.78, 5) is 0. The van der Waals surface area contributed by atoms with Crippen molar-refractivity contribution in [2.24, 2.45) is 0 Å². The van der Waals surface area contributed by atoms with E-state index in [1.807, 2.05) is 31.2 Å². The largest absolute Gasteiger partial charge is 0.485 e. The van der Waals surface area contributed by atoms with Gasteiger partial charge >= 0.3 is 0 Å². The third kappa shape index (κ3) is 2.34. The summed E-state index contributed by atoms with van der Waals surface area (Å²) in [6.07, 6.45) is -0.432. The quantitative estimate of drug-likeness (QED) is 0.845. The van der Waals surface area contributed by atoms with Gasteiger partial charge in [-0.1, -0.05) is 29.8 Å². The maximum Gasteiger partial charge on any atom is 0.127 e. The van der Waals surface area contributed by atoms with Crippen LogP contribution in [0.25, 0.3) is 0 Å². The Morgan fingerprint density at radius 1 is 1.16 bits per heavy atom. The number of aryl methyl sites for hydroxylation is 1. The van der Waals surface area contributed by atoms with E-state index in [0.717, 1.165) is 5.56 Å². The van der Waals surface area contributed by atoms with Crippen LogP contribution in [0.15, 0.2) is 42.5 Å². The SMILES string of the molecule is Cc1ccc(C2CC(O)c3cc(F)ccc3O2)cc1. The van der Waals surface area contributed by atoms with Crippen molar-refractivity contribution in [1.82, 2.24) is 0 Å². The predicted molar refractivity (Wildman–Crippen MR) is 70.5 cm³/mol. The molecule has 0 aromatic heterocycles. The molecule has 0 amide bonds. The molecular formula is C16H15FO2. The molecule has 1 aliphatic rings. The van der Waals surface area contributed by atoms with Crippen molar-refractivity contribution < 1.29 is 14.2 Å². The van der Waals surface area contributed by atoms with Crippen molar-refractivity contribution in [1.29, 1.82) is 0 Å². The number of rotatable bonds is 1. The van der Waals surface area contributed by atoms with Crippen molar-refractivity contribution in [2.45, 2.75) is 25.6 Å². The summed E-state index contributed by atoms with van der Waals surface area (Å²) >= 11 is 0. The Kier molecular flexibility index (Phi) is 2.99. The van der Waals surface area contributed by atoms with Gasteiger partial charge in [0.1, 0.15) is 17.7 Å². The van der Waals surface area contributed by atoms with Crippen molar-refractivity contribution in [3.8, 4) is 5.75 Å². The van der Waals surface area contributed by atoms with Crippen LogP contribution in [-0.4, -0.2) is 5.11 Å². The van der Waals surface area contributed by atoms with Crippen LogP contribution in [-0.2, 0) is 0 Å². The van der Waals surface area contributed by atoms with Gasteiger partial charge in [0.2, 0.25) is 0 Å². The molecule has 3 heteroatoms. The van der Waals surface area contributed by atoms with E-state index >= 15 is 0 Å². The van der Waals surface area contributed by atoms with Crippen molar-refractivity contribution in [2.75, 3.05) is 0 Å². The zero-order valence-electron chi connectivity index (χ0n) is 10.6. The maximum absolute atomic E-state index is 13.2. The van der Waals surface area contributed by atoms with E-state index in [-0.39, 0.29) is 11.9 Å². The summed E-state index contributed by atoms with van der Waals surface area (Å²) in [5.74, 6) is 0.209. The molecule has 2 aromatic carbocycles. The standard InChI is InChI=1S/C16H15FO2/c1-10-2-4-11(5-3-10)16-9-14(18)13-8-12(17)6-7-15(13)19-16/h2-8,14,16,18H,9H2,1H3. The molecule has 19 heavy (non-hydrogen) atoms. The van der Waals surface area contributed by atoms with Gasteiger partial charge in [-0.25, -0.2) is 4.39 Å². The number of halogens is 1. The molecule has 1 aliphatic heterocycles. The average Bonchev–Trinajstić information content (AvgIpc) is 2.40. The van der Waals surface area contributed by atoms with Gasteiger partial charge in [0.15, 0.2) is 0 Å².